The number of nitrogens with zero attached hydrogens (tertiary/aromatic N) is 1. The molecule has 1 atom stereocenters. The van der Waals surface area contributed by atoms with Gasteiger partial charge in [-0.2, -0.15) is 0 Å². The largest absolute Gasteiger partial charge is 0.462 e. The second kappa shape index (κ2) is 42.0. The van der Waals surface area contributed by atoms with Crippen LogP contribution in [0.5, 0.6) is 0 Å². The molecule has 0 fully saturated rings. The van der Waals surface area contributed by atoms with Crippen molar-refractivity contribution in [3.05, 3.63) is 0 Å². The first kappa shape index (κ1) is 51.9. The van der Waals surface area contributed by atoms with Gasteiger partial charge in [-0.05, 0) is 103 Å². The fourth-order valence-electron chi connectivity index (χ4n) is 7.48. The maximum atomic E-state index is 12.7. The highest BCUT2D eigenvalue weighted by molar-refractivity contribution is 5.69. The van der Waals surface area contributed by atoms with Crippen LogP contribution < -0.4 is 5.73 Å². The number of hydrogen-bond acceptors (Lipinski definition) is 6. The van der Waals surface area contributed by atoms with Gasteiger partial charge in [0, 0.05) is 12.8 Å². The van der Waals surface area contributed by atoms with Crippen molar-refractivity contribution in [3.63, 3.8) is 0 Å². The van der Waals surface area contributed by atoms with Gasteiger partial charge in [0.25, 0.3) is 0 Å². The quantitative estimate of drug-likeness (QED) is 0.0494. The Bertz CT molecular complexity index is 747. The molecule has 2 N–H and O–H groups in total. The lowest BCUT2D eigenvalue weighted by Gasteiger charge is -2.22. The van der Waals surface area contributed by atoms with Crippen LogP contribution in [0.4, 0.5) is 0 Å². The van der Waals surface area contributed by atoms with E-state index in [0.29, 0.717) is 12.8 Å². The van der Waals surface area contributed by atoms with Crippen LogP contribution in [-0.2, 0) is 19.1 Å². The van der Waals surface area contributed by atoms with Crippen molar-refractivity contribution >= 4 is 11.9 Å². The van der Waals surface area contributed by atoms with Crippen LogP contribution in [0.1, 0.15) is 252 Å². The molecule has 0 radical (unpaired) electrons. The molecule has 1 unspecified atom stereocenters. The van der Waals surface area contributed by atoms with Gasteiger partial charge in [-0.25, -0.2) is 0 Å². The van der Waals surface area contributed by atoms with E-state index in [1.807, 2.05) is 0 Å². The van der Waals surface area contributed by atoms with Crippen molar-refractivity contribution in [2.24, 2.45) is 5.73 Å². The van der Waals surface area contributed by atoms with Crippen LogP contribution in [0.2, 0.25) is 0 Å². The molecule has 0 aliphatic heterocycles. The number of unbranched alkanes of at least 4 members (excludes halogenated alkanes) is 23. The van der Waals surface area contributed by atoms with E-state index in [4.69, 9.17) is 15.2 Å². The smallest absolute Gasteiger partial charge is 0.306 e. The molecule has 0 aromatic carbocycles. The van der Waals surface area contributed by atoms with Crippen LogP contribution in [0.15, 0.2) is 0 Å². The molecule has 0 heterocycles. The molecular weight excluding hydrogens is 657 g/mol. The highest BCUT2D eigenvalue weighted by atomic mass is 16.5. The summed E-state index contributed by atoms with van der Waals surface area (Å²) in [5, 5.41) is 0. The summed E-state index contributed by atoms with van der Waals surface area (Å²) in [4.78, 5) is 27.7. The standard InChI is InChI=1S/C47H94N2O4/c1-5-9-12-15-20-27-35-44(8-4)52-46(50)38-30-23-18-25-32-41-49(43-34-40-48)42-33-26-19-24-31-39-47(51)53-45(36-28-21-16-13-10-6-2)37-29-22-17-14-11-7-3/h44-45H,5-43,48H2,1-4H3. The lowest BCUT2D eigenvalue weighted by molar-refractivity contribution is -0.150. The summed E-state index contributed by atoms with van der Waals surface area (Å²) in [7, 11) is 0. The first-order chi connectivity index (χ1) is 26.0. The Hall–Kier alpha value is -1.14. The van der Waals surface area contributed by atoms with Crippen molar-refractivity contribution < 1.29 is 19.1 Å². The van der Waals surface area contributed by atoms with Gasteiger partial charge in [0.1, 0.15) is 12.2 Å². The van der Waals surface area contributed by atoms with Gasteiger partial charge < -0.3 is 20.1 Å². The maximum absolute atomic E-state index is 12.7. The average molecular weight is 751 g/mol. The molecule has 0 spiro atoms. The first-order valence-corrected chi connectivity index (χ1v) is 23.8. The van der Waals surface area contributed by atoms with E-state index in [-0.39, 0.29) is 24.1 Å². The summed E-state index contributed by atoms with van der Waals surface area (Å²) in [6.45, 7) is 13.0. The van der Waals surface area contributed by atoms with E-state index in [0.717, 1.165) is 84.0 Å². The number of carbonyl (C=O) groups is 2. The molecule has 6 heteroatoms. The third-order valence-corrected chi connectivity index (χ3v) is 11.1. The second-order valence-corrected chi connectivity index (χ2v) is 16.3. The zero-order valence-electron chi connectivity index (χ0n) is 36.4. The fraction of sp³-hybridized carbons (Fsp3) is 0.957. The van der Waals surface area contributed by atoms with Crippen molar-refractivity contribution in [1.82, 2.24) is 4.90 Å². The van der Waals surface area contributed by atoms with Crippen LogP contribution in [-0.4, -0.2) is 55.2 Å². The SMILES string of the molecule is CCCCCCCCC(CC)OC(=O)CCCCCCCN(CCCN)CCCCCCCC(=O)OC(CCCCCCCC)CCCCCCCC. The minimum absolute atomic E-state index is 0.00182. The predicted octanol–water partition coefficient (Wildman–Crippen LogP) is 13.8. The van der Waals surface area contributed by atoms with E-state index in [9.17, 15) is 9.59 Å². The highest BCUT2D eigenvalue weighted by Crippen LogP contribution is 2.19. The summed E-state index contributed by atoms with van der Waals surface area (Å²) >= 11 is 0. The van der Waals surface area contributed by atoms with Gasteiger partial charge in [-0.3, -0.25) is 9.59 Å². The van der Waals surface area contributed by atoms with Gasteiger partial charge >= 0.3 is 11.9 Å². The third-order valence-electron chi connectivity index (χ3n) is 11.1. The molecular formula is C47H94N2O4. The molecule has 0 rings (SSSR count). The molecule has 0 saturated heterocycles. The lowest BCUT2D eigenvalue weighted by atomic mass is 10.0. The molecule has 0 aromatic heterocycles. The number of nitrogens with two attached hydrogens (primary N) is 1. The Morgan fingerprint density at radius 3 is 1.13 bits per heavy atom. The average Bonchev–Trinajstić information content (AvgIpc) is 3.15. The Morgan fingerprint density at radius 2 is 0.736 bits per heavy atom. The van der Waals surface area contributed by atoms with Crippen molar-refractivity contribution in [1.29, 1.82) is 0 Å². The van der Waals surface area contributed by atoms with E-state index in [1.54, 1.807) is 0 Å². The highest BCUT2D eigenvalue weighted by Gasteiger charge is 2.15. The zero-order valence-corrected chi connectivity index (χ0v) is 36.4. The number of rotatable bonds is 43. The van der Waals surface area contributed by atoms with Crippen molar-refractivity contribution in [2.45, 2.75) is 265 Å². The topological polar surface area (TPSA) is 81.9 Å². The van der Waals surface area contributed by atoms with E-state index >= 15 is 0 Å². The Balaban J connectivity index is 4.12. The number of esters is 2. The number of carbonyl (C=O) groups excluding carboxylic acids is 2. The third kappa shape index (κ3) is 37.6. The first-order valence-electron chi connectivity index (χ1n) is 23.8. The molecule has 0 saturated carbocycles. The number of hydrogen-bond donors (Lipinski definition) is 1. The van der Waals surface area contributed by atoms with E-state index < -0.39 is 0 Å². The van der Waals surface area contributed by atoms with Crippen LogP contribution >= 0.6 is 0 Å². The number of ether oxygens (including phenoxy) is 2. The molecule has 316 valence electrons. The van der Waals surface area contributed by atoms with Crippen molar-refractivity contribution in [2.75, 3.05) is 26.2 Å². The lowest BCUT2D eigenvalue weighted by Crippen LogP contribution is -2.28. The summed E-state index contributed by atoms with van der Waals surface area (Å²) < 4.78 is 11.8. The molecule has 0 amide bonds. The summed E-state index contributed by atoms with van der Waals surface area (Å²) in [6.07, 6.45) is 41.0. The van der Waals surface area contributed by atoms with Crippen LogP contribution in [0, 0.1) is 0 Å². The fourth-order valence-corrected chi connectivity index (χ4v) is 7.48. The van der Waals surface area contributed by atoms with Gasteiger partial charge in [-0.15, -0.1) is 0 Å². The van der Waals surface area contributed by atoms with E-state index in [1.165, 1.54) is 154 Å². The van der Waals surface area contributed by atoms with Crippen LogP contribution in [0.3, 0.4) is 0 Å². The minimum Gasteiger partial charge on any atom is -0.462 e. The van der Waals surface area contributed by atoms with Gasteiger partial charge in [0.05, 0.1) is 0 Å². The maximum Gasteiger partial charge on any atom is 0.306 e. The van der Waals surface area contributed by atoms with Gasteiger partial charge in [0.15, 0.2) is 0 Å². The summed E-state index contributed by atoms with van der Waals surface area (Å²) in [5.74, 6) is 0.0331. The van der Waals surface area contributed by atoms with Gasteiger partial charge in [-0.1, -0.05) is 163 Å². The minimum atomic E-state index is 0.00182. The summed E-state index contributed by atoms with van der Waals surface area (Å²) in [6, 6.07) is 0. The zero-order chi connectivity index (χ0) is 38.9. The molecule has 0 aromatic rings. The molecule has 0 bridgehead atoms. The monoisotopic (exact) mass is 751 g/mol. The van der Waals surface area contributed by atoms with E-state index in [2.05, 4.69) is 32.6 Å². The Morgan fingerprint density at radius 1 is 0.415 bits per heavy atom. The molecule has 0 aliphatic carbocycles. The molecule has 0 aliphatic rings. The second-order valence-electron chi connectivity index (χ2n) is 16.3. The Kier molecular flexibility index (Phi) is 41.1. The van der Waals surface area contributed by atoms with Crippen molar-refractivity contribution in [3.8, 4) is 0 Å². The predicted molar refractivity (Wildman–Crippen MR) is 230 cm³/mol. The molecule has 6 nitrogen and oxygen atoms in total. The summed E-state index contributed by atoms with van der Waals surface area (Å²) in [5.41, 5.74) is 5.85. The van der Waals surface area contributed by atoms with Gasteiger partial charge in [0.2, 0.25) is 0 Å². The van der Waals surface area contributed by atoms with Crippen LogP contribution in [0.25, 0.3) is 0 Å². The molecule has 53 heavy (non-hydrogen) atoms. The normalized spacial score (nSPS) is 12.2. The Labute approximate surface area is 331 Å².